The Balaban J connectivity index is 1.63. The quantitative estimate of drug-likeness (QED) is 0.574. The molecule has 1 atom stereocenters. The van der Waals surface area contributed by atoms with Crippen LogP contribution in [0.25, 0.3) is 0 Å². The van der Waals surface area contributed by atoms with Gasteiger partial charge in [0.25, 0.3) is 0 Å². The van der Waals surface area contributed by atoms with Gasteiger partial charge in [0.1, 0.15) is 0 Å². The second-order valence-corrected chi connectivity index (χ2v) is 7.12. The number of fused-ring (bicyclic) bond motifs is 1. The molecule has 1 aliphatic carbocycles. The third-order valence-electron chi connectivity index (χ3n) is 5.21. The van der Waals surface area contributed by atoms with E-state index in [-0.39, 0.29) is 11.9 Å². The van der Waals surface area contributed by atoms with Crippen LogP contribution in [0.15, 0.2) is 11.6 Å². The Kier molecular flexibility index (Phi) is 7.60. The van der Waals surface area contributed by atoms with E-state index in [1.54, 1.807) is 4.90 Å². The SMILES string of the molecule is CCCCN(C)C(=O)CCCNC(=O)N1CCC2CCCC=C2C1. The summed E-state index contributed by atoms with van der Waals surface area (Å²) in [6, 6.07) is 0.0201. The minimum absolute atomic E-state index is 0.0201. The minimum atomic E-state index is 0.0201. The van der Waals surface area contributed by atoms with Crippen LogP contribution < -0.4 is 5.32 Å². The standard InChI is InChI=1S/C19H33N3O2/c1-3-4-13-21(2)18(23)10-7-12-20-19(24)22-14-11-16-8-5-6-9-17(16)15-22/h9,16H,3-8,10-15H2,1-2H3,(H,20,24). The first kappa shape index (κ1) is 18.8. The van der Waals surface area contributed by atoms with Crippen molar-refractivity contribution in [1.29, 1.82) is 0 Å². The Hall–Kier alpha value is -1.52. The lowest BCUT2D eigenvalue weighted by Crippen LogP contribution is -2.46. The maximum absolute atomic E-state index is 12.3. The number of allylic oxidation sites excluding steroid dienone is 1. The van der Waals surface area contributed by atoms with Crippen molar-refractivity contribution in [3.05, 3.63) is 11.6 Å². The van der Waals surface area contributed by atoms with Crippen molar-refractivity contribution in [2.75, 3.05) is 33.2 Å². The molecule has 1 fully saturated rings. The number of hydrogen-bond acceptors (Lipinski definition) is 2. The average Bonchev–Trinajstić information content (AvgIpc) is 2.62. The first-order valence-electron chi connectivity index (χ1n) is 9.57. The molecule has 0 radical (unpaired) electrons. The highest BCUT2D eigenvalue weighted by Crippen LogP contribution is 2.31. The van der Waals surface area contributed by atoms with Crippen molar-refractivity contribution >= 4 is 11.9 Å². The fourth-order valence-corrected chi connectivity index (χ4v) is 3.57. The van der Waals surface area contributed by atoms with Crippen LogP contribution >= 0.6 is 0 Å². The molecule has 0 bridgehead atoms. The molecule has 1 saturated heterocycles. The van der Waals surface area contributed by atoms with Gasteiger partial charge < -0.3 is 15.1 Å². The fraction of sp³-hybridized carbons (Fsp3) is 0.789. The van der Waals surface area contributed by atoms with Crippen LogP contribution in [0.3, 0.4) is 0 Å². The number of carbonyl (C=O) groups is 2. The van der Waals surface area contributed by atoms with Gasteiger partial charge in [-0.2, -0.15) is 0 Å². The highest BCUT2D eigenvalue weighted by Gasteiger charge is 2.27. The third-order valence-corrected chi connectivity index (χ3v) is 5.21. The first-order chi connectivity index (χ1) is 11.6. The zero-order valence-corrected chi connectivity index (χ0v) is 15.4. The molecule has 2 aliphatic rings. The van der Waals surface area contributed by atoms with Crippen LogP contribution in [0.5, 0.6) is 0 Å². The van der Waals surface area contributed by atoms with Gasteiger partial charge in [0.2, 0.25) is 5.91 Å². The molecule has 1 unspecified atom stereocenters. The highest BCUT2D eigenvalue weighted by atomic mass is 16.2. The molecule has 1 heterocycles. The van der Waals surface area contributed by atoms with Crippen molar-refractivity contribution in [1.82, 2.24) is 15.1 Å². The number of urea groups is 1. The van der Waals surface area contributed by atoms with E-state index >= 15 is 0 Å². The Labute approximate surface area is 146 Å². The monoisotopic (exact) mass is 335 g/mol. The molecule has 136 valence electrons. The number of rotatable bonds is 7. The maximum Gasteiger partial charge on any atom is 0.317 e. The fourth-order valence-electron chi connectivity index (χ4n) is 3.57. The third kappa shape index (κ3) is 5.53. The van der Waals surface area contributed by atoms with E-state index in [9.17, 15) is 9.59 Å². The van der Waals surface area contributed by atoms with Gasteiger partial charge in [-0.3, -0.25) is 4.79 Å². The summed E-state index contributed by atoms with van der Waals surface area (Å²) in [5.41, 5.74) is 1.45. The molecule has 1 N–H and O–H groups in total. The van der Waals surface area contributed by atoms with Gasteiger partial charge in [-0.05, 0) is 44.4 Å². The summed E-state index contributed by atoms with van der Waals surface area (Å²) in [6.07, 6.45) is 10.5. The van der Waals surface area contributed by atoms with Crippen LogP contribution in [-0.2, 0) is 4.79 Å². The van der Waals surface area contributed by atoms with Gasteiger partial charge in [-0.15, -0.1) is 0 Å². The number of nitrogens with zero attached hydrogens (tertiary/aromatic N) is 2. The summed E-state index contributed by atoms with van der Waals surface area (Å²) >= 11 is 0. The molecule has 0 aromatic heterocycles. The number of likely N-dealkylation sites (tertiary alicyclic amines) is 1. The second kappa shape index (κ2) is 9.70. The topological polar surface area (TPSA) is 52.7 Å². The van der Waals surface area contributed by atoms with E-state index < -0.39 is 0 Å². The number of hydrogen-bond donors (Lipinski definition) is 1. The summed E-state index contributed by atoms with van der Waals surface area (Å²) in [5.74, 6) is 0.880. The molecule has 0 spiro atoms. The molecule has 0 aromatic rings. The van der Waals surface area contributed by atoms with Crippen molar-refractivity contribution < 1.29 is 9.59 Å². The Morgan fingerprint density at radius 1 is 1.33 bits per heavy atom. The largest absolute Gasteiger partial charge is 0.346 e. The number of piperidine rings is 1. The van der Waals surface area contributed by atoms with Gasteiger partial charge in [-0.25, -0.2) is 4.79 Å². The van der Waals surface area contributed by atoms with Gasteiger partial charge in [0.05, 0.1) is 0 Å². The van der Waals surface area contributed by atoms with Crippen LogP contribution in [-0.4, -0.2) is 55.0 Å². The molecular formula is C19H33N3O2. The van der Waals surface area contributed by atoms with Crippen LogP contribution in [0, 0.1) is 5.92 Å². The molecule has 0 aromatic carbocycles. The second-order valence-electron chi connectivity index (χ2n) is 7.12. The van der Waals surface area contributed by atoms with Crippen molar-refractivity contribution in [3.63, 3.8) is 0 Å². The maximum atomic E-state index is 12.3. The van der Waals surface area contributed by atoms with Crippen molar-refractivity contribution in [2.24, 2.45) is 5.92 Å². The van der Waals surface area contributed by atoms with Crippen LogP contribution in [0.2, 0.25) is 0 Å². The Morgan fingerprint density at radius 2 is 2.17 bits per heavy atom. The average molecular weight is 335 g/mol. The molecule has 1 aliphatic heterocycles. The van der Waals surface area contributed by atoms with Gasteiger partial charge in [-0.1, -0.05) is 25.0 Å². The summed E-state index contributed by atoms with van der Waals surface area (Å²) in [7, 11) is 1.86. The summed E-state index contributed by atoms with van der Waals surface area (Å²) in [5, 5.41) is 2.97. The zero-order chi connectivity index (χ0) is 17.4. The lowest BCUT2D eigenvalue weighted by atomic mass is 9.82. The molecule has 5 heteroatoms. The van der Waals surface area contributed by atoms with Crippen LogP contribution in [0.1, 0.15) is 58.3 Å². The molecular weight excluding hydrogens is 302 g/mol. The number of amides is 3. The molecule has 0 saturated carbocycles. The molecule has 2 rings (SSSR count). The summed E-state index contributed by atoms with van der Waals surface area (Å²) < 4.78 is 0. The normalized spacial score (nSPS) is 20.2. The predicted octanol–water partition coefficient (Wildman–Crippen LogP) is 3.17. The molecule has 3 amide bonds. The van der Waals surface area contributed by atoms with E-state index in [4.69, 9.17) is 0 Å². The lowest BCUT2D eigenvalue weighted by molar-refractivity contribution is -0.130. The van der Waals surface area contributed by atoms with Gasteiger partial charge in [0.15, 0.2) is 0 Å². The smallest absolute Gasteiger partial charge is 0.317 e. The van der Waals surface area contributed by atoms with Crippen molar-refractivity contribution in [2.45, 2.75) is 58.3 Å². The van der Waals surface area contributed by atoms with E-state index in [0.29, 0.717) is 25.3 Å². The zero-order valence-electron chi connectivity index (χ0n) is 15.4. The summed E-state index contributed by atoms with van der Waals surface area (Å²) in [4.78, 5) is 27.9. The van der Waals surface area contributed by atoms with Gasteiger partial charge in [0, 0.05) is 39.6 Å². The van der Waals surface area contributed by atoms with E-state index in [2.05, 4.69) is 18.3 Å². The minimum Gasteiger partial charge on any atom is -0.346 e. The van der Waals surface area contributed by atoms with E-state index in [0.717, 1.165) is 45.3 Å². The molecule has 24 heavy (non-hydrogen) atoms. The Bertz CT molecular complexity index is 462. The van der Waals surface area contributed by atoms with Gasteiger partial charge >= 0.3 is 6.03 Å². The predicted molar refractivity (Wildman–Crippen MR) is 96.8 cm³/mol. The van der Waals surface area contributed by atoms with Crippen molar-refractivity contribution in [3.8, 4) is 0 Å². The molecule has 5 nitrogen and oxygen atoms in total. The lowest BCUT2D eigenvalue weighted by Gasteiger charge is -2.36. The summed E-state index contributed by atoms with van der Waals surface area (Å²) in [6.45, 7) is 5.17. The number of carbonyl (C=O) groups excluding carboxylic acids is 2. The first-order valence-corrected chi connectivity index (χ1v) is 9.57. The number of nitrogens with one attached hydrogen (secondary N) is 1. The highest BCUT2D eigenvalue weighted by molar-refractivity contribution is 5.76. The van der Waals surface area contributed by atoms with E-state index in [1.807, 2.05) is 11.9 Å². The Morgan fingerprint density at radius 3 is 2.96 bits per heavy atom. The van der Waals surface area contributed by atoms with Crippen LogP contribution in [0.4, 0.5) is 4.79 Å². The van der Waals surface area contributed by atoms with E-state index in [1.165, 1.54) is 18.4 Å². The number of unbranched alkanes of at least 4 members (excludes halogenated alkanes) is 1.